The van der Waals surface area contributed by atoms with Gasteiger partial charge in [-0.1, -0.05) is 11.6 Å². The van der Waals surface area contributed by atoms with E-state index in [4.69, 9.17) is 17.3 Å². The number of β-amino-alcohol motifs (C(OH)–C–C–N with tert-alkyl or cyclic N) is 1. The summed E-state index contributed by atoms with van der Waals surface area (Å²) in [6.45, 7) is 1.45. The number of carbonyl (C=O) groups excluding carboxylic acids is 1. The van der Waals surface area contributed by atoms with Crippen LogP contribution >= 0.6 is 11.6 Å². The van der Waals surface area contributed by atoms with Gasteiger partial charge in [-0.15, -0.1) is 0 Å². The van der Waals surface area contributed by atoms with Gasteiger partial charge in [0.05, 0.1) is 5.56 Å². The molecule has 0 atom stereocenters. The standard InChI is InChI=1S/C11H14ClN3O2/c12-7-1-2-9(8(3-7)10(13)16)15-6-11(17)4-14-5-11/h1-3,14-15,17H,4-6H2,(H2,13,16). The van der Waals surface area contributed by atoms with Crippen molar-refractivity contribution in [2.45, 2.75) is 5.60 Å². The topological polar surface area (TPSA) is 87.4 Å². The minimum absolute atomic E-state index is 0.327. The summed E-state index contributed by atoms with van der Waals surface area (Å²) in [5.74, 6) is -0.547. The molecule has 0 bridgehead atoms. The highest BCUT2D eigenvalue weighted by Gasteiger charge is 2.34. The lowest BCUT2D eigenvalue weighted by Gasteiger charge is -2.38. The van der Waals surface area contributed by atoms with Crippen LogP contribution < -0.4 is 16.4 Å². The number of halogens is 1. The van der Waals surface area contributed by atoms with Crippen LogP contribution in [0.3, 0.4) is 0 Å². The molecule has 0 unspecified atom stereocenters. The molecular formula is C11H14ClN3O2. The number of nitrogens with two attached hydrogens (primary N) is 1. The summed E-state index contributed by atoms with van der Waals surface area (Å²) >= 11 is 5.79. The van der Waals surface area contributed by atoms with Gasteiger partial charge in [0.1, 0.15) is 5.60 Å². The Balaban J connectivity index is 2.12. The van der Waals surface area contributed by atoms with Crippen molar-refractivity contribution in [3.8, 4) is 0 Å². The molecule has 1 aliphatic heterocycles. The van der Waals surface area contributed by atoms with Gasteiger partial charge in [-0.3, -0.25) is 4.79 Å². The van der Waals surface area contributed by atoms with E-state index < -0.39 is 11.5 Å². The number of carbonyl (C=O) groups is 1. The molecule has 1 aliphatic rings. The number of benzene rings is 1. The molecule has 1 fully saturated rings. The Labute approximate surface area is 104 Å². The highest BCUT2D eigenvalue weighted by atomic mass is 35.5. The molecule has 17 heavy (non-hydrogen) atoms. The number of hydrogen-bond acceptors (Lipinski definition) is 4. The van der Waals surface area contributed by atoms with E-state index in [0.717, 1.165) is 0 Å². The van der Waals surface area contributed by atoms with Crippen LogP contribution in [0, 0.1) is 0 Å². The summed E-state index contributed by atoms with van der Waals surface area (Å²) in [6.07, 6.45) is 0. The molecule has 0 radical (unpaired) electrons. The molecule has 0 aliphatic carbocycles. The Morgan fingerprint density at radius 1 is 1.59 bits per heavy atom. The predicted molar refractivity (Wildman–Crippen MR) is 66.3 cm³/mol. The molecule has 1 aromatic rings. The maximum atomic E-state index is 11.2. The second-order valence-electron chi connectivity index (χ2n) is 4.24. The van der Waals surface area contributed by atoms with Gasteiger partial charge in [0.2, 0.25) is 0 Å². The Morgan fingerprint density at radius 2 is 2.29 bits per heavy atom. The van der Waals surface area contributed by atoms with Crippen molar-refractivity contribution in [1.29, 1.82) is 0 Å². The molecule has 1 saturated heterocycles. The van der Waals surface area contributed by atoms with Crippen LogP contribution in [0.1, 0.15) is 10.4 Å². The van der Waals surface area contributed by atoms with E-state index in [2.05, 4.69) is 10.6 Å². The van der Waals surface area contributed by atoms with E-state index >= 15 is 0 Å². The van der Waals surface area contributed by atoms with Crippen molar-refractivity contribution in [2.75, 3.05) is 25.0 Å². The number of anilines is 1. The Morgan fingerprint density at radius 3 is 2.82 bits per heavy atom. The van der Waals surface area contributed by atoms with Crippen LogP contribution in [-0.4, -0.2) is 36.2 Å². The summed E-state index contributed by atoms with van der Waals surface area (Å²) in [5.41, 5.74) is 5.41. The van der Waals surface area contributed by atoms with E-state index in [-0.39, 0.29) is 0 Å². The van der Waals surface area contributed by atoms with Gasteiger partial charge in [-0.25, -0.2) is 0 Å². The highest BCUT2D eigenvalue weighted by Crippen LogP contribution is 2.21. The molecule has 0 spiro atoms. The summed E-state index contributed by atoms with van der Waals surface area (Å²) in [4.78, 5) is 11.2. The largest absolute Gasteiger partial charge is 0.385 e. The number of rotatable bonds is 4. The molecule has 1 aromatic carbocycles. The van der Waals surface area contributed by atoms with Crippen molar-refractivity contribution in [3.63, 3.8) is 0 Å². The van der Waals surface area contributed by atoms with Gasteiger partial charge in [0.25, 0.3) is 5.91 Å². The minimum Gasteiger partial charge on any atom is -0.385 e. The van der Waals surface area contributed by atoms with Gasteiger partial charge in [0.15, 0.2) is 0 Å². The molecular weight excluding hydrogens is 242 g/mol. The van der Waals surface area contributed by atoms with Gasteiger partial charge in [-0.05, 0) is 18.2 Å². The van der Waals surface area contributed by atoms with Crippen molar-refractivity contribution in [3.05, 3.63) is 28.8 Å². The van der Waals surface area contributed by atoms with Crippen LogP contribution in [0.25, 0.3) is 0 Å². The number of aliphatic hydroxyl groups is 1. The zero-order chi connectivity index (χ0) is 12.5. The van der Waals surface area contributed by atoms with Crippen molar-refractivity contribution in [1.82, 2.24) is 5.32 Å². The van der Waals surface area contributed by atoms with E-state index in [9.17, 15) is 9.90 Å². The maximum Gasteiger partial charge on any atom is 0.250 e. The molecule has 2 rings (SSSR count). The molecule has 0 saturated carbocycles. The zero-order valence-corrected chi connectivity index (χ0v) is 9.92. The lowest BCUT2D eigenvalue weighted by Crippen LogP contribution is -2.63. The average molecular weight is 256 g/mol. The monoisotopic (exact) mass is 255 g/mol. The van der Waals surface area contributed by atoms with Gasteiger partial charge in [0, 0.05) is 30.3 Å². The Hall–Kier alpha value is -1.30. The Bertz CT molecular complexity index is 446. The predicted octanol–water partition coefficient (Wildman–Crippen LogP) is 0.185. The quantitative estimate of drug-likeness (QED) is 0.618. The van der Waals surface area contributed by atoms with Crippen molar-refractivity contribution in [2.24, 2.45) is 5.73 Å². The molecule has 1 amide bonds. The van der Waals surface area contributed by atoms with E-state index in [1.54, 1.807) is 12.1 Å². The Kier molecular flexibility index (Phi) is 3.24. The maximum absolute atomic E-state index is 11.2. The molecule has 6 heteroatoms. The van der Waals surface area contributed by atoms with Gasteiger partial charge < -0.3 is 21.5 Å². The lowest BCUT2D eigenvalue weighted by atomic mass is 9.97. The third-order valence-electron chi connectivity index (χ3n) is 2.76. The molecule has 1 heterocycles. The summed E-state index contributed by atoms with van der Waals surface area (Å²) in [5, 5.41) is 16.3. The second-order valence-corrected chi connectivity index (χ2v) is 4.67. The van der Waals surface area contributed by atoms with Crippen LogP contribution in [0.5, 0.6) is 0 Å². The first-order valence-corrected chi connectivity index (χ1v) is 5.64. The average Bonchev–Trinajstić information content (AvgIpc) is 2.24. The number of nitrogens with one attached hydrogen (secondary N) is 2. The molecule has 0 aromatic heterocycles. The molecule has 5 N–H and O–H groups in total. The minimum atomic E-state index is -0.755. The second kappa shape index (κ2) is 4.52. The van der Waals surface area contributed by atoms with Crippen LogP contribution in [0.4, 0.5) is 5.69 Å². The molecule has 92 valence electrons. The van der Waals surface area contributed by atoms with Gasteiger partial charge >= 0.3 is 0 Å². The lowest BCUT2D eigenvalue weighted by molar-refractivity contribution is 0.00311. The zero-order valence-electron chi connectivity index (χ0n) is 9.16. The first-order chi connectivity index (χ1) is 8.00. The van der Waals surface area contributed by atoms with E-state index in [1.165, 1.54) is 6.07 Å². The normalized spacial score (nSPS) is 17.3. The van der Waals surface area contributed by atoms with Crippen molar-refractivity contribution >= 4 is 23.2 Å². The smallest absolute Gasteiger partial charge is 0.250 e. The van der Waals surface area contributed by atoms with Crippen LogP contribution in [-0.2, 0) is 0 Å². The highest BCUT2D eigenvalue weighted by molar-refractivity contribution is 6.31. The number of primary amides is 1. The number of hydrogen-bond donors (Lipinski definition) is 4. The fourth-order valence-electron chi connectivity index (χ4n) is 1.67. The van der Waals surface area contributed by atoms with Crippen molar-refractivity contribution < 1.29 is 9.90 Å². The first kappa shape index (κ1) is 12.2. The summed E-state index contributed by atoms with van der Waals surface area (Å²) in [7, 11) is 0. The van der Waals surface area contributed by atoms with E-state index in [1.807, 2.05) is 0 Å². The van der Waals surface area contributed by atoms with Crippen LogP contribution in [0.15, 0.2) is 18.2 Å². The molecule has 5 nitrogen and oxygen atoms in total. The fourth-order valence-corrected chi connectivity index (χ4v) is 1.84. The van der Waals surface area contributed by atoms with E-state index in [0.29, 0.717) is 35.9 Å². The first-order valence-electron chi connectivity index (χ1n) is 5.26. The third-order valence-corrected chi connectivity index (χ3v) is 3.00. The summed E-state index contributed by atoms with van der Waals surface area (Å²) in [6, 6.07) is 4.85. The van der Waals surface area contributed by atoms with Gasteiger partial charge in [-0.2, -0.15) is 0 Å². The number of amides is 1. The fraction of sp³-hybridized carbons (Fsp3) is 0.364. The SMILES string of the molecule is NC(=O)c1cc(Cl)ccc1NCC1(O)CNC1. The summed E-state index contributed by atoms with van der Waals surface area (Å²) < 4.78 is 0. The third kappa shape index (κ3) is 2.69. The van der Waals surface area contributed by atoms with Crippen LogP contribution in [0.2, 0.25) is 5.02 Å².